The molecule has 68 valence electrons. The second-order valence-electron chi connectivity index (χ2n) is 4.80. The van der Waals surface area contributed by atoms with Crippen LogP contribution >= 0.6 is 0 Å². The molecule has 0 aromatic heterocycles. The first kappa shape index (κ1) is 9.57. The van der Waals surface area contributed by atoms with Crippen molar-refractivity contribution in [3.63, 3.8) is 0 Å². The Bertz CT molecular complexity index is 201. The van der Waals surface area contributed by atoms with Crippen molar-refractivity contribution in [1.82, 2.24) is 0 Å². The number of hydrogen-bond donors (Lipinski definition) is 0. The second kappa shape index (κ2) is 3.47. The summed E-state index contributed by atoms with van der Waals surface area (Å²) in [5.41, 5.74) is 1.91. The molecule has 0 saturated carbocycles. The van der Waals surface area contributed by atoms with Crippen LogP contribution in [0.3, 0.4) is 0 Å². The van der Waals surface area contributed by atoms with Crippen LogP contribution in [0.15, 0.2) is 23.8 Å². The van der Waals surface area contributed by atoms with Crippen molar-refractivity contribution in [3.8, 4) is 0 Å². The lowest BCUT2D eigenvalue weighted by molar-refractivity contribution is 0.330. The van der Waals surface area contributed by atoms with Crippen molar-refractivity contribution in [2.45, 2.75) is 40.5 Å². The minimum absolute atomic E-state index is 0.376. The molecule has 1 atom stereocenters. The van der Waals surface area contributed by atoms with E-state index in [4.69, 9.17) is 0 Å². The van der Waals surface area contributed by atoms with Crippen molar-refractivity contribution >= 4 is 0 Å². The maximum absolute atomic E-state index is 2.38. The summed E-state index contributed by atoms with van der Waals surface area (Å²) in [4.78, 5) is 0. The highest BCUT2D eigenvalue weighted by atomic mass is 14.3. The van der Waals surface area contributed by atoms with Crippen molar-refractivity contribution in [2.24, 2.45) is 11.3 Å². The highest BCUT2D eigenvalue weighted by Crippen LogP contribution is 2.34. The van der Waals surface area contributed by atoms with Gasteiger partial charge >= 0.3 is 0 Å². The van der Waals surface area contributed by atoms with E-state index in [0.29, 0.717) is 11.3 Å². The molecule has 1 aliphatic rings. The first-order valence-electron chi connectivity index (χ1n) is 4.85. The van der Waals surface area contributed by atoms with Crippen LogP contribution in [0.1, 0.15) is 40.5 Å². The minimum Gasteiger partial charge on any atom is -0.0876 e. The van der Waals surface area contributed by atoms with Gasteiger partial charge in [0.25, 0.3) is 0 Å². The molecule has 0 nitrogen and oxygen atoms in total. The van der Waals surface area contributed by atoms with Crippen molar-refractivity contribution in [2.75, 3.05) is 0 Å². The molecule has 0 heteroatoms. The summed E-state index contributed by atoms with van der Waals surface area (Å²) in [5.74, 6) is 0.639. The van der Waals surface area contributed by atoms with Crippen LogP contribution in [0.5, 0.6) is 0 Å². The van der Waals surface area contributed by atoms with Gasteiger partial charge in [-0.05, 0) is 25.2 Å². The Hall–Kier alpha value is -0.520. The first-order valence-corrected chi connectivity index (χ1v) is 4.85. The van der Waals surface area contributed by atoms with E-state index in [1.807, 2.05) is 0 Å². The molecule has 0 aliphatic heterocycles. The van der Waals surface area contributed by atoms with Crippen LogP contribution in [0.2, 0.25) is 0 Å². The van der Waals surface area contributed by atoms with Gasteiger partial charge in [-0.1, -0.05) is 44.6 Å². The zero-order valence-electron chi connectivity index (χ0n) is 8.72. The van der Waals surface area contributed by atoms with Gasteiger partial charge in [0.2, 0.25) is 0 Å². The van der Waals surface area contributed by atoms with Crippen molar-refractivity contribution in [3.05, 3.63) is 23.8 Å². The van der Waals surface area contributed by atoms with Crippen LogP contribution in [0.4, 0.5) is 0 Å². The molecule has 1 rings (SSSR count). The van der Waals surface area contributed by atoms with E-state index in [9.17, 15) is 0 Å². The first-order chi connectivity index (χ1) is 5.52. The standard InChI is InChI=1S/C12H20/c1-10-8-6-5-7-9-11(10)12(2,3)4/h7-9,11H,5-6H2,1-4H3. The van der Waals surface area contributed by atoms with Gasteiger partial charge in [-0.2, -0.15) is 0 Å². The molecule has 0 saturated heterocycles. The fraction of sp³-hybridized carbons (Fsp3) is 0.667. The lowest BCUT2D eigenvalue weighted by atomic mass is 9.77. The van der Waals surface area contributed by atoms with E-state index in [-0.39, 0.29) is 0 Å². The Balaban J connectivity index is 2.86. The molecular formula is C12H20. The molecule has 0 N–H and O–H groups in total. The highest BCUT2D eigenvalue weighted by Gasteiger charge is 2.23. The molecule has 0 aromatic rings. The smallest absolute Gasteiger partial charge is 0.00226 e. The summed E-state index contributed by atoms with van der Waals surface area (Å²) in [6.07, 6.45) is 9.51. The van der Waals surface area contributed by atoms with Crippen molar-refractivity contribution < 1.29 is 0 Å². The topological polar surface area (TPSA) is 0 Å². The van der Waals surface area contributed by atoms with Gasteiger partial charge in [-0.25, -0.2) is 0 Å². The maximum Gasteiger partial charge on any atom is 0.00226 e. The molecule has 0 aromatic carbocycles. The predicted molar refractivity (Wildman–Crippen MR) is 55.1 cm³/mol. The quantitative estimate of drug-likeness (QED) is 0.476. The lowest BCUT2D eigenvalue weighted by Gasteiger charge is -2.28. The second-order valence-corrected chi connectivity index (χ2v) is 4.80. The van der Waals surface area contributed by atoms with E-state index in [1.54, 1.807) is 0 Å². The van der Waals surface area contributed by atoms with Gasteiger partial charge in [0.05, 0.1) is 0 Å². The van der Waals surface area contributed by atoms with E-state index >= 15 is 0 Å². The van der Waals surface area contributed by atoms with Gasteiger partial charge in [0, 0.05) is 5.92 Å². The monoisotopic (exact) mass is 164 g/mol. The van der Waals surface area contributed by atoms with E-state index in [1.165, 1.54) is 18.4 Å². The molecule has 1 unspecified atom stereocenters. The molecule has 0 heterocycles. The number of rotatable bonds is 0. The molecule has 0 amide bonds. The van der Waals surface area contributed by atoms with E-state index in [2.05, 4.69) is 45.9 Å². The largest absolute Gasteiger partial charge is 0.0876 e. The summed E-state index contributed by atoms with van der Waals surface area (Å²) >= 11 is 0. The zero-order valence-corrected chi connectivity index (χ0v) is 8.72. The summed E-state index contributed by atoms with van der Waals surface area (Å²) in [7, 11) is 0. The molecular weight excluding hydrogens is 144 g/mol. The van der Waals surface area contributed by atoms with Gasteiger partial charge in [-0.3, -0.25) is 0 Å². The Kier molecular flexibility index (Phi) is 2.76. The lowest BCUT2D eigenvalue weighted by Crippen LogP contribution is -2.19. The van der Waals surface area contributed by atoms with Crippen LogP contribution in [0.25, 0.3) is 0 Å². The summed E-state index contributed by atoms with van der Waals surface area (Å²) < 4.78 is 0. The van der Waals surface area contributed by atoms with Crippen LogP contribution in [-0.2, 0) is 0 Å². The van der Waals surface area contributed by atoms with Crippen molar-refractivity contribution in [1.29, 1.82) is 0 Å². The predicted octanol–water partition coefficient (Wildman–Crippen LogP) is 3.95. The van der Waals surface area contributed by atoms with Gasteiger partial charge < -0.3 is 0 Å². The van der Waals surface area contributed by atoms with Crippen LogP contribution in [-0.4, -0.2) is 0 Å². The summed E-state index contributed by atoms with van der Waals surface area (Å²) in [5, 5.41) is 0. The third kappa shape index (κ3) is 2.23. The summed E-state index contributed by atoms with van der Waals surface area (Å²) in [6, 6.07) is 0. The Morgan fingerprint density at radius 1 is 1.25 bits per heavy atom. The molecule has 0 fully saturated rings. The molecule has 0 spiro atoms. The fourth-order valence-electron chi connectivity index (χ4n) is 1.89. The molecule has 1 aliphatic carbocycles. The van der Waals surface area contributed by atoms with Gasteiger partial charge in [-0.15, -0.1) is 0 Å². The minimum atomic E-state index is 0.376. The Labute approximate surface area is 76.4 Å². The maximum atomic E-state index is 2.38. The average molecular weight is 164 g/mol. The molecule has 0 radical (unpaired) electrons. The Morgan fingerprint density at radius 2 is 1.92 bits per heavy atom. The van der Waals surface area contributed by atoms with Gasteiger partial charge in [0.1, 0.15) is 0 Å². The normalized spacial score (nSPS) is 25.0. The third-order valence-corrected chi connectivity index (χ3v) is 2.55. The highest BCUT2D eigenvalue weighted by molar-refractivity contribution is 5.17. The van der Waals surface area contributed by atoms with E-state index in [0.717, 1.165) is 0 Å². The molecule has 0 bridgehead atoms. The van der Waals surface area contributed by atoms with Crippen LogP contribution < -0.4 is 0 Å². The van der Waals surface area contributed by atoms with Gasteiger partial charge in [0.15, 0.2) is 0 Å². The number of hydrogen-bond acceptors (Lipinski definition) is 0. The SMILES string of the molecule is CC1=CCCC=CC1C(C)(C)C. The molecule has 12 heavy (non-hydrogen) atoms. The van der Waals surface area contributed by atoms with E-state index < -0.39 is 0 Å². The summed E-state index contributed by atoms with van der Waals surface area (Å²) in [6.45, 7) is 9.19. The number of allylic oxidation sites excluding steroid dienone is 4. The van der Waals surface area contributed by atoms with Crippen LogP contribution in [0, 0.1) is 11.3 Å². The fourth-order valence-corrected chi connectivity index (χ4v) is 1.89. The third-order valence-electron chi connectivity index (χ3n) is 2.55. The average Bonchev–Trinajstić information content (AvgIpc) is 2.11. The Morgan fingerprint density at radius 3 is 2.50 bits per heavy atom. The zero-order chi connectivity index (χ0) is 9.19.